The Bertz CT molecular complexity index is 737. The first-order chi connectivity index (χ1) is 11.7. The highest BCUT2D eigenvalue weighted by Gasteiger charge is 2.30. The van der Waals surface area contributed by atoms with Crippen molar-refractivity contribution in [2.75, 3.05) is 18.4 Å². The second-order valence-electron chi connectivity index (χ2n) is 6.39. The molecule has 1 saturated carbocycles. The Morgan fingerprint density at radius 1 is 1.25 bits per heavy atom. The lowest BCUT2D eigenvalue weighted by Crippen LogP contribution is -2.38. The smallest absolute Gasteiger partial charge is 0.264 e. The molecule has 2 aromatic rings. The summed E-state index contributed by atoms with van der Waals surface area (Å²) in [5, 5.41) is 6.79. The Labute approximate surface area is 148 Å². The summed E-state index contributed by atoms with van der Waals surface area (Å²) in [7, 11) is 0. The van der Waals surface area contributed by atoms with E-state index in [2.05, 4.69) is 10.3 Å². The fourth-order valence-corrected chi connectivity index (χ4v) is 4.69. The number of aromatic nitrogens is 1. The van der Waals surface area contributed by atoms with Gasteiger partial charge in [0.2, 0.25) is 5.91 Å². The van der Waals surface area contributed by atoms with Gasteiger partial charge in [0, 0.05) is 36.5 Å². The van der Waals surface area contributed by atoms with Gasteiger partial charge in [0.1, 0.15) is 0 Å². The van der Waals surface area contributed by atoms with Crippen LogP contribution in [0.4, 0.5) is 5.00 Å². The summed E-state index contributed by atoms with van der Waals surface area (Å²) in [6, 6.07) is 3.66. The monoisotopic (exact) mass is 361 g/mol. The van der Waals surface area contributed by atoms with E-state index in [1.165, 1.54) is 11.3 Å². The molecule has 3 heterocycles. The SMILES string of the molecule is O=C(Nc1ccc(C(=O)N2CCCC(c3nccs3)C2)s1)C1CC1. The molecule has 2 aliphatic rings. The Hall–Kier alpha value is -1.73. The Balaban J connectivity index is 1.41. The minimum atomic E-state index is 0.0631. The summed E-state index contributed by atoms with van der Waals surface area (Å²) >= 11 is 3.04. The number of thiophene rings is 1. The number of hydrogen-bond acceptors (Lipinski definition) is 5. The molecule has 7 heteroatoms. The second kappa shape index (κ2) is 6.64. The van der Waals surface area contributed by atoms with Gasteiger partial charge in [-0.15, -0.1) is 22.7 Å². The molecule has 126 valence electrons. The van der Waals surface area contributed by atoms with Crippen LogP contribution in [-0.2, 0) is 4.79 Å². The molecule has 1 aliphatic heterocycles. The van der Waals surface area contributed by atoms with Crippen molar-refractivity contribution in [3.63, 3.8) is 0 Å². The van der Waals surface area contributed by atoms with E-state index in [1.54, 1.807) is 11.3 Å². The van der Waals surface area contributed by atoms with Gasteiger partial charge in [-0.1, -0.05) is 0 Å². The Morgan fingerprint density at radius 3 is 2.88 bits per heavy atom. The molecule has 0 radical (unpaired) electrons. The maximum absolute atomic E-state index is 12.8. The number of carbonyl (C=O) groups excluding carboxylic acids is 2. The zero-order valence-corrected chi connectivity index (χ0v) is 14.9. The number of amides is 2. The van der Waals surface area contributed by atoms with Crippen molar-refractivity contribution >= 4 is 39.5 Å². The fourth-order valence-electron chi connectivity index (χ4n) is 3.04. The highest BCUT2D eigenvalue weighted by atomic mass is 32.1. The van der Waals surface area contributed by atoms with E-state index in [0.717, 1.165) is 48.8 Å². The second-order valence-corrected chi connectivity index (χ2v) is 8.40. The van der Waals surface area contributed by atoms with Crippen LogP contribution in [0.2, 0.25) is 0 Å². The number of nitrogens with zero attached hydrogens (tertiary/aromatic N) is 2. The molecular weight excluding hydrogens is 342 g/mol. The van der Waals surface area contributed by atoms with Crippen LogP contribution in [-0.4, -0.2) is 34.8 Å². The minimum absolute atomic E-state index is 0.0631. The zero-order valence-electron chi connectivity index (χ0n) is 13.2. The zero-order chi connectivity index (χ0) is 16.5. The molecule has 4 rings (SSSR count). The van der Waals surface area contributed by atoms with Gasteiger partial charge in [-0.25, -0.2) is 4.98 Å². The van der Waals surface area contributed by atoms with Gasteiger partial charge in [0.05, 0.1) is 14.9 Å². The van der Waals surface area contributed by atoms with Crippen LogP contribution in [0.1, 0.15) is 46.3 Å². The largest absolute Gasteiger partial charge is 0.337 e. The van der Waals surface area contributed by atoms with Crippen molar-refractivity contribution in [2.24, 2.45) is 5.92 Å². The summed E-state index contributed by atoms with van der Waals surface area (Å²) in [6.07, 6.45) is 5.88. The van der Waals surface area contributed by atoms with Gasteiger partial charge in [-0.2, -0.15) is 0 Å². The topological polar surface area (TPSA) is 62.3 Å². The van der Waals surface area contributed by atoms with E-state index >= 15 is 0 Å². The van der Waals surface area contributed by atoms with Gasteiger partial charge >= 0.3 is 0 Å². The van der Waals surface area contributed by atoms with Crippen molar-refractivity contribution in [2.45, 2.75) is 31.6 Å². The Kier molecular flexibility index (Phi) is 4.37. The third-order valence-corrected chi connectivity index (χ3v) is 6.45. The summed E-state index contributed by atoms with van der Waals surface area (Å²) in [5.74, 6) is 0.662. The van der Waals surface area contributed by atoms with Gasteiger partial charge < -0.3 is 10.2 Å². The number of likely N-dealkylation sites (tertiary alicyclic amines) is 1. The molecule has 1 saturated heterocycles. The highest BCUT2D eigenvalue weighted by molar-refractivity contribution is 7.18. The Morgan fingerprint density at radius 2 is 2.12 bits per heavy atom. The van der Waals surface area contributed by atoms with Crippen LogP contribution in [0.5, 0.6) is 0 Å². The standard InChI is InChI=1S/C17H19N3O2S2/c21-15(11-3-4-11)19-14-6-5-13(24-14)17(22)20-8-1-2-12(10-20)16-18-7-9-23-16/h5-7,9,11-12H,1-4,8,10H2,(H,19,21). The lowest BCUT2D eigenvalue weighted by atomic mass is 9.98. The number of carbonyl (C=O) groups is 2. The van der Waals surface area contributed by atoms with E-state index < -0.39 is 0 Å². The maximum atomic E-state index is 12.8. The third kappa shape index (κ3) is 3.37. The number of anilines is 1. The summed E-state index contributed by atoms with van der Waals surface area (Å²) in [4.78, 5) is 31.6. The van der Waals surface area contributed by atoms with Gasteiger partial charge in [0.25, 0.3) is 5.91 Å². The van der Waals surface area contributed by atoms with Gasteiger partial charge in [0.15, 0.2) is 0 Å². The maximum Gasteiger partial charge on any atom is 0.264 e. The third-order valence-electron chi connectivity index (χ3n) is 4.52. The molecule has 0 bridgehead atoms. The first kappa shape index (κ1) is 15.8. The van der Waals surface area contributed by atoms with Crippen molar-refractivity contribution in [1.29, 1.82) is 0 Å². The normalized spacial score (nSPS) is 20.8. The minimum Gasteiger partial charge on any atom is -0.337 e. The van der Waals surface area contributed by atoms with Crippen LogP contribution < -0.4 is 5.32 Å². The van der Waals surface area contributed by atoms with Crippen molar-refractivity contribution < 1.29 is 9.59 Å². The van der Waals surface area contributed by atoms with Crippen LogP contribution in [0, 0.1) is 5.92 Å². The molecule has 0 aromatic carbocycles. The van der Waals surface area contributed by atoms with Gasteiger partial charge in [-0.05, 0) is 37.8 Å². The average molecular weight is 361 g/mol. The lowest BCUT2D eigenvalue weighted by molar-refractivity contribution is -0.117. The van der Waals surface area contributed by atoms with E-state index in [1.807, 2.05) is 28.6 Å². The van der Waals surface area contributed by atoms with E-state index in [-0.39, 0.29) is 17.7 Å². The molecule has 0 spiro atoms. The quantitative estimate of drug-likeness (QED) is 0.905. The first-order valence-corrected chi connectivity index (χ1v) is 9.99. The molecule has 2 amide bonds. The van der Waals surface area contributed by atoms with E-state index in [9.17, 15) is 9.59 Å². The molecule has 1 unspecified atom stereocenters. The fraction of sp³-hybridized carbons (Fsp3) is 0.471. The van der Waals surface area contributed by atoms with Crippen molar-refractivity contribution in [1.82, 2.24) is 9.88 Å². The molecule has 1 atom stereocenters. The lowest BCUT2D eigenvalue weighted by Gasteiger charge is -2.31. The number of piperidine rings is 1. The molecule has 2 aromatic heterocycles. The summed E-state index contributed by atoms with van der Waals surface area (Å²) in [5.41, 5.74) is 0. The first-order valence-electron chi connectivity index (χ1n) is 8.30. The van der Waals surface area contributed by atoms with Crippen LogP contribution in [0.15, 0.2) is 23.7 Å². The number of hydrogen-bond donors (Lipinski definition) is 1. The van der Waals surface area contributed by atoms with E-state index in [4.69, 9.17) is 0 Å². The van der Waals surface area contributed by atoms with Crippen LogP contribution >= 0.6 is 22.7 Å². The predicted molar refractivity (Wildman–Crippen MR) is 95.7 cm³/mol. The molecule has 1 aliphatic carbocycles. The van der Waals surface area contributed by atoms with Crippen LogP contribution in [0.25, 0.3) is 0 Å². The summed E-state index contributed by atoms with van der Waals surface area (Å²) < 4.78 is 0. The number of nitrogens with one attached hydrogen (secondary N) is 1. The number of thiazole rings is 1. The van der Waals surface area contributed by atoms with Crippen molar-refractivity contribution in [3.8, 4) is 0 Å². The molecule has 2 fully saturated rings. The van der Waals surface area contributed by atoms with Crippen LogP contribution in [0.3, 0.4) is 0 Å². The average Bonchev–Trinajstić information content (AvgIpc) is 3.12. The number of rotatable bonds is 4. The van der Waals surface area contributed by atoms with Gasteiger partial charge in [-0.3, -0.25) is 9.59 Å². The van der Waals surface area contributed by atoms with Crippen molar-refractivity contribution in [3.05, 3.63) is 33.6 Å². The highest BCUT2D eigenvalue weighted by Crippen LogP contribution is 2.33. The molecule has 5 nitrogen and oxygen atoms in total. The molecular formula is C17H19N3O2S2. The predicted octanol–water partition coefficient (Wildman–Crippen LogP) is 3.57. The summed E-state index contributed by atoms with van der Waals surface area (Å²) in [6.45, 7) is 1.52. The molecule has 1 N–H and O–H groups in total. The molecule has 24 heavy (non-hydrogen) atoms. The van der Waals surface area contributed by atoms with E-state index in [0.29, 0.717) is 10.8 Å².